The second-order valence-electron chi connectivity index (χ2n) is 9.67. The summed E-state index contributed by atoms with van der Waals surface area (Å²) in [5, 5.41) is 5.75. The van der Waals surface area contributed by atoms with Crippen LogP contribution in [0.15, 0.2) is 48.8 Å². The summed E-state index contributed by atoms with van der Waals surface area (Å²) >= 11 is 6.06. The number of carbonyl (C=O) groups excluding carboxylic acids is 2. The van der Waals surface area contributed by atoms with Crippen molar-refractivity contribution in [2.24, 2.45) is 14.1 Å². The Hall–Kier alpha value is -4.06. The largest absolute Gasteiger partial charge is 0.494 e. The van der Waals surface area contributed by atoms with Crippen LogP contribution in [0.4, 0.5) is 13.2 Å². The summed E-state index contributed by atoms with van der Waals surface area (Å²) in [7, 11) is 4.57. The van der Waals surface area contributed by atoms with Gasteiger partial charge in [-0.25, -0.2) is 4.98 Å². The molecule has 0 spiro atoms. The van der Waals surface area contributed by atoms with Gasteiger partial charge in [-0.05, 0) is 24.1 Å². The number of hydrogen-bond acceptors (Lipinski definition) is 5. The number of likely N-dealkylation sites (tertiary alicyclic amines) is 1. The van der Waals surface area contributed by atoms with E-state index in [-0.39, 0.29) is 19.0 Å². The number of aryl methyl sites for hydroxylation is 2. The molecule has 3 heterocycles. The lowest BCUT2D eigenvalue weighted by Gasteiger charge is -2.39. The molecular formula is C27H26ClF3N6O3. The number of fused-ring (bicyclic) bond motifs is 1. The van der Waals surface area contributed by atoms with Crippen LogP contribution in [0.1, 0.15) is 44.3 Å². The lowest BCUT2D eigenvalue weighted by molar-refractivity contribution is -0.141. The van der Waals surface area contributed by atoms with Crippen LogP contribution in [-0.4, -0.2) is 62.3 Å². The maximum atomic E-state index is 13.7. The van der Waals surface area contributed by atoms with Crippen LogP contribution in [0.5, 0.6) is 5.75 Å². The summed E-state index contributed by atoms with van der Waals surface area (Å²) in [5.41, 5.74) is 0.549. The Kier molecular flexibility index (Phi) is 7.21. The fraction of sp³-hybridized carbons (Fsp3) is 0.333. The number of alkyl halides is 3. The zero-order chi connectivity index (χ0) is 28.8. The van der Waals surface area contributed by atoms with E-state index in [4.69, 9.17) is 16.3 Å². The van der Waals surface area contributed by atoms with Crippen LogP contribution in [0.3, 0.4) is 0 Å². The summed E-state index contributed by atoms with van der Waals surface area (Å²) in [5.74, 6) is -1.13. The Balaban J connectivity index is 1.44. The molecule has 1 aliphatic heterocycles. The molecule has 1 aliphatic rings. The van der Waals surface area contributed by atoms with Crippen LogP contribution in [0.25, 0.3) is 11.0 Å². The molecule has 40 heavy (non-hydrogen) atoms. The topological polar surface area (TPSA) is 94.3 Å². The van der Waals surface area contributed by atoms with Crippen molar-refractivity contribution in [3.8, 4) is 5.75 Å². The quantitative estimate of drug-likeness (QED) is 0.381. The zero-order valence-electron chi connectivity index (χ0n) is 21.9. The van der Waals surface area contributed by atoms with Gasteiger partial charge in [0.1, 0.15) is 22.0 Å². The first-order chi connectivity index (χ1) is 19.0. The van der Waals surface area contributed by atoms with Gasteiger partial charge in [0.15, 0.2) is 5.69 Å². The molecule has 1 fully saturated rings. The number of halogens is 4. The first-order valence-corrected chi connectivity index (χ1v) is 12.8. The smallest absolute Gasteiger partial charge is 0.436 e. The molecule has 2 atom stereocenters. The molecule has 0 unspecified atom stereocenters. The molecule has 0 aliphatic carbocycles. The van der Waals surface area contributed by atoms with Crippen molar-refractivity contribution in [3.63, 3.8) is 0 Å². The van der Waals surface area contributed by atoms with Gasteiger partial charge in [-0.15, -0.1) is 0 Å². The van der Waals surface area contributed by atoms with Gasteiger partial charge in [-0.1, -0.05) is 41.9 Å². The maximum Gasteiger partial charge on any atom is 0.436 e. The molecule has 0 radical (unpaired) electrons. The second kappa shape index (κ2) is 10.5. The monoisotopic (exact) mass is 574 g/mol. The van der Waals surface area contributed by atoms with E-state index in [1.165, 1.54) is 14.2 Å². The minimum absolute atomic E-state index is 0.229. The summed E-state index contributed by atoms with van der Waals surface area (Å²) in [6.45, 7) is 0.498. The number of nitrogens with one attached hydrogen (secondary N) is 1. The van der Waals surface area contributed by atoms with Crippen molar-refractivity contribution in [2.45, 2.75) is 24.6 Å². The number of benzene rings is 2. The SMILES string of the molecule is COc1cc(C(=O)N2CC[C@@H](NC(=O)c3c(C(F)(F)F)nn(C)c3Cl)[C@@H](c3ccccc3)C2)cc2c1ncn2C. The second-order valence-corrected chi connectivity index (χ2v) is 10.0. The Morgan fingerprint density at radius 3 is 2.55 bits per heavy atom. The number of amides is 2. The predicted octanol–water partition coefficient (Wildman–Crippen LogP) is 4.42. The highest BCUT2D eigenvalue weighted by Gasteiger charge is 2.42. The summed E-state index contributed by atoms with van der Waals surface area (Å²) in [6.07, 6.45) is -2.91. The molecule has 1 N–H and O–H groups in total. The standard InChI is InChI=1S/C27H26ClF3N6O3/c1-35-14-32-22-19(35)11-16(12-20(22)40-3)26(39)37-10-9-18(17(13-37)15-7-5-4-6-8-15)33-25(38)21-23(27(29,30)31)34-36(2)24(21)28/h4-8,11-12,14,17-18H,9-10,13H2,1-3H3,(H,33,38)/t17-,18-/m1/s1. The van der Waals surface area contributed by atoms with Gasteiger partial charge in [0.2, 0.25) is 0 Å². The van der Waals surface area contributed by atoms with Gasteiger partial charge in [-0.3, -0.25) is 14.3 Å². The summed E-state index contributed by atoms with van der Waals surface area (Å²) in [6, 6.07) is 12.1. The minimum Gasteiger partial charge on any atom is -0.494 e. The highest BCUT2D eigenvalue weighted by Crippen LogP contribution is 2.35. The van der Waals surface area contributed by atoms with Crippen molar-refractivity contribution in [2.75, 3.05) is 20.2 Å². The fourth-order valence-electron chi connectivity index (χ4n) is 5.15. The minimum atomic E-state index is -4.86. The molecule has 2 amide bonds. The number of ether oxygens (including phenoxy) is 1. The predicted molar refractivity (Wildman–Crippen MR) is 141 cm³/mol. The average Bonchev–Trinajstić information content (AvgIpc) is 3.47. The molecule has 0 bridgehead atoms. The van der Waals surface area contributed by atoms with E-state index in [1.807, 2.05) is 37.4 Å². The number of hydrogen-bond donors (Lipinski definition) is 1. The summed E-state index contributed by atoms with van der Waals surface area (Å²) < 4.78 is 48.9. The van der Waals surface area contributed by atoms with Gasteiger partial charge in [0, 0.05) is 44.7 Å². The third-order valence-electron chi connectivity index (χ3n) is 7.18. The lowest BCUT2D eigenvalue weighted by Crippen LogP contribution is -2.51. The van der Waals surface area contributed by atoms with Crippen molar-refractivity contribution < 1.29 is 27.5 Å². The molecule has 210 valence electrons. The highest BCUT2D eigenvalue weighted by molar-refractivity contribution is 6.33. The zero-order valence-corrected chi connectivity index (χ0v) is 22.6. The maximum absolute atomic E-state index is 13.7. The van der Waals surface area contributed by atoms with Crippen LogP contribution >= 0.6 is 11.6 Å². The van der Waals surface area contributed by atoms with Crippen molar-refractivity contribution in [3.05, 3.63) is 76.3 Å². The Bertz CT molecular complexity index is 1580. The Labute approximate surface area is 232 Å². The average molecular weight is 575 g/mol. The molecule has 2 aromatic heterocycles. The van der Waals surface area contributed by atoms with E-state index in [0.717, 1.165) is 15.8 Å². The number of imidazole rings is 1. The van der Waals surface area contributed by atoms with E-state index in [1.54, 1.807) is 27.9 Å². The molecule has 13 heteroatoms. The first kappa shape index (κ1) is 27.5. The van der Waals surface area contributed by atoms with E-state index >= 15 is 0 Å². The van der Waals surface area contributed by atoms with Crippen LogP contribution in [-0.2, 0) is 20.3 Å². The number of aromatic nitrogens is 4. The van der Waals surface area contributed by atoms with Crippen molar-refractivity contribution in [1.82, 2.24) is 29.5 Å². The normalized spacial score (nSPS) is 17.7. The van der Waals surface area contributed by atoms with E-state index < -0.39 is 40.5 Å². The van der Waals surface area contributed by atoms with Gasteiger partial charge < -0.3 is 19.5 Å². The highest BCUT2D eigenvalue weighted by atomic mass is 35.5. The third-order valence-corrected chi connectivity index (χ3v) is 7.61. The van der Waals surface area contributed by atoms with E-state index in [0.29, 0.717) is 23.3 Å². The number of nitrogens with zero attached hydrogens (tertiary/aromatic N) is 5. The van der Waals surface area contributed by atoms with Gasteiger partial charge in [-0.2, -0.15) is 18.3 Å². The molecule has 1 saturated heterocycles. The van der Waals surface area contributed by atoms with Gasteiger partial charge in [0.25, 0.3) is 11.8 Å². The van der Waals surface area contributed by atoms with Crippen LogP contribution < -0.4 is 10.1 Å². The molecule has 2 aromatic carbocycles. The van der Waals surface area contributed by atoms with E-state index in [9.17, 15) is 22.8 Å². The number of piperidine rings is 1. The molecule has 0 saturated carbocycles. The molecule has 4 aromatic rings. The molecule has 5 rings (SSSR count). The van der Waals surface area contributed by atoms with Crippen LogP contribution in [0.2, 0.25) is 5.15 Å². The number of rotatable bonds is 5. The third kappa shape index (κ3) is 4.99. The number of carbonyl (C=O) groups is 2. The van der Waals surface area contributed by atoms with E-state index in [2.05, 4.69) is 15.4 Å². The molecular weight excluding hydrogens is 549 g/mol. The fourth-order valence-corrected chi connectivity index (χ4v) is 5.36. The van der Waals surface area contributed by atoms with Crippen molar-refractivity contribution >= 4 is 34.4 Å². The Morgan fingerprint density at radius 1 is 1.15 bits per heavy atom. The Morgan fingerprint density at radius 2 is 1.88 bits per heavy atom. The van der Waals surface area contributed by atoms with Crippen LogP contribution in [0, 0.1) is 0 Å². The summed E-state index contributed by atoms with van der Waals surface area (Å²) in [4.78, 5) is 32.9. The molecule has 9 nitrogen and oxygen atoms in total. The van der Waals surface area contributed by atoms with Gasteiger partial charge in [0.05, 0.1) is 19.0 Å². The first-order valence-electron chi connectivity index (χ1n) is 12.4. The van der Waals surface area contributed by atoms with Crippen molar-refractivity contribution in [1.29, 1.82) is 0 Å². The van der Waals surface area contributed by atoms with Gasteiger partial charge >= 0.3 is 6.18 Å². The lowest BCUT2D eigenvalue weighted by atomic mass is 9.85. The number of methoxy groups -OCH3 is 1.